The lowest BCUT2D eigenvalue weighted by Crippen LogP contribution is -2.40. The Labute approximate surface area is 167 Å². The molecule has 1 N–H and O–H groups in total. The van der Waals surface area contributed by atoms with E-state index in [9.17, 15) is 0 Å². The zero-order valence-electron chi connectivity index (χ0n) is 13.0. The zero-order chi connectivity index (χ0) is 17.2. The van der Waals surface area contributed by atoms with Gasteiger partial charge in [0.1, 0.15) is 9.39 Å². The predicted octanol–water partition coefficient (Wildman–Crippen LogP) is 3.88. The molecule has 0 radical (unpaired) electrons. The standard InChI is InChI=1S/C17H14BrIN6/c18-24-16(11-13-7-3-1-4-8-13)21-22-25(24)15-12-20-23(17(15)19)14-9-5-2-6-10-14/h1-10,12,22H,11H2. The van der Waals surface area contributed by atoms with Gasteiger partial charge in [-0.1, -0.05) is 48.5 Å². The fourth-order valence-corrected chi connectivity index (χ4v) is 3.77. The van der Waals surface area contributed by atoms with Gasteiger partial charge in [-0.25, -0.2) is 4.68 Å². The largest absolute Gasteiger partial charge is 0.225 e. The van der Waals surface area contributed by atoms with Crippen molar-refractivity contribution in [2.24, 2.45) is 5.10 Å². The van der Waals surface area contributed by atoms with Crippen LogP contribution >= 0.6 is 38.7 Å². The van der Waals surface area contributed by atoms with Crippen molar-refractivity contribution in [1.29, 1.82) is 0 Å². The summed E-state index contributed by atoms with van der Waals surface area (Å²) in [6, 6.07) is 20.3. The Bertz CT molecular complexity index is 896. The van der Waals surface area contributed by atoms with Crippen molar-refractivity contribution < 1.29 is 0 Å². The Morgan fingerprint density at radius 2 is 1.68 bits per heavy atom. The van der Waals surface area contributed by atoms with E-state index >= 15 is 0 Å². The van der Waals surface area contributed by atoms with E-state index in [1.54, 1.807) is 0 Å². The number of nitrogens with one attached hydrogen (secondary N) is 1. The first-order valence-electron chi connectivity index (χ1n) is 7.65. The van der Waals surface area contributed by atoms with Crippen LogP contribution in [0.3, 0.4) is 0 Å². The van der Waals surface area contributed by atoms with Crippen LogP contribution in [-0.2, 0) is 6.42 Å². The van der Waals surface area contributed by atoms with Crippen molar-refractivity contribution in [3.8, 4) is 5.69 Å². The number of para-hydroxylation sites is 1. The summed E-state index contributed by atoms with van der Waals surface area (Å²) in [7, 11) is 0. The van der Waals surface area contributed by atoms with Crippen LogP contribution < -0.4 is 10.7 Å². The third-order valence-corrected chi connectivity index (χ3v) is 5.53. The van der Waals surface area contributed by atoms with Gasteiger partial charge >= 0.3 is 0 Å². The van der Waals surface area contributed by atoms with Crippen LogP contribution in [0.25, 0.3) is 5.69 Å². The summed E-state index contributed by atoms with van der Waals surface area (Å²) < 4.78 is 4.71. The second-order valence-electron chi connectivity index (χ2n) is 5.43. The van der Waals surface area contributed by atoms with Gasteiger partial charge in [-0.15, -0.1) is 5.10 Å². The van der Waals surface area contributed by atoms with Gasteiger partial charge in [-0.3, -0.25) is 0 Å². The molecule has 0 fully saturated rings. The first-order valence-corrected chi connectivity index (χ1v) is 9.44. The highest BCUT2D eigenvalue weighted by Gasteiger charge is 2.28. The smallest absolute Gasteiger partial charge is 0.163 e. The van der Waals surface area contributed by atoms with Crippen LogP contribution in [0.4, 0.5) is 5.69 Å². The Balaban J connectivity index is 1.55. The Kier molecular flexibility index (Phi) is 4.62. The highest BCUT2D eigenvalue weighted by molar-refractivity contribution is 14.1. The molecule has 8 heteroatoms. The number of rotatable bonds is 4. The number of hydrazone groups is 1. The summed E-state index contributed by atoms with van der Waals surface area (Å²) in [6.07, 6.45) is 2.54. The van der Waals surface area contributed by atoms with Gasteiger partial charge in [0, 0.05) is 6.42 Å². The lowest BCUT2D eigenvalue weighted by atomic mass is 10.1. The minimum absolute atomic E-state index is 0.721. The molecule has 1 aliphatic rings. The van der Waals surface area contributed by atoms with Gasteiger partial charge < -0.3 is 0 Å². The average molecular weight is 509 g/mol. The van der Waals surface area contributed by atoms with E-state index < -0.39 is 0 Å². The minimum atomic E-state index is 0.721. The minimum Gasteiger partial charge on any atom is -0.225 e. The number of hydrazine groups is 2. The fraction of sp³-hybridized carbons (Fsp3) is 0.0588. The number of hydrogen-bond donors (Lipinski definition) is 1. The summed E-state index contributed by atoms with van der Waals surface area (Å²) in [5.74, 6) is 0.870. The molecule has 0 unspecified atom stereocenters. The number of nitrogens with zero attached hydrogens (tertiary/aromatic N) is 5. The number of aromatic nitrogens is 2. The van der Waals surface area contributed by atoms with E-state index in [1.807, 2.05) is 68.6 Å². The van der Waals surface area contributed by atoms with E-state index in [-0.39, 0.29) is 0 Å². The van der Waals surface area contributed by atoms with E-state index in [0.29, 0.717) is 0 Å². The molecule has 1 aromatic heterocycles. The molecule has 3 aromatic rings. The monoisotopic (exact) mass is 508 g/mol. The third kappa shape index (κ3) is 3.23. The molecule has 0 amide bonds. The van der Waals surface area contributed by atoms with Gasteiger partial charge in [0.25, 0.3) is 0 Å². The summed E-state index contributed by atoms with van der Waals surface area (Å²) in [6.45, 7) is 0. The molecular weight excluding hydrogens is 495 g/mol. The van der Waals surface area contributed by atoms with Crippen LogP contribution in [0.1, 0.15) is 5.56 Å². The lowest BCUT2D eigenvalue weighted by molar-refractivity contribution is 0.568. The highest BCUT2D eigenvalue weighted by atomic mass is 127. The lowest BCUT2D eigenvalue weighted by Gasteiger charge is -2.23. The summed E-state index contributed by atoms with van der Waals surface area (Å²) in [5.41, 5.74) is 6.17. The summed E-state index contributed by atoms with van der Waals surface area (Å²) >= 11 is 5.88. The van der Waals surface area contributed by atoms with Crippen molar-refractivity contribution in [3.05, 3.63) is 76.1 Å². The Morgan fingerprint density at radius 3 is 2.40 bits per heavy atom. The van der Waals surface area contributed by atoms with Crippen LogP contribution in [0.5, 0.6) is 0 Å². The summed E-state index contributed by atoms with van der Waals surface area (Å²) in [5, 5.41) is 10.8. The third-order valence-electron chi connectivity index (χ3n) is 3.79. The molecule has 6 nitrogen and oxygen atoms in total. The van der Waals surface area contributed by atoms with E-state index in [0.717, 1.165) is 27.3 Å². The van der Waals surface area contributed by atoms with Crippen molar-refractivity contribution in [2.45, 2.75) is 6.42 Å². The second-order valence-corrected chi connectivity index (χ2v) is 7.12. The number of anilines is 1. The van der Waals surface area contributed by atoms with Crippen LogP contribution in [-0.4, -0.2) is 19.7 Å². The van der Waals surface area contributed by atoms with E-state index in [1.165, 1.54) is 5.56 Å². The number of amidine groups is 1. The van der Waals surface area contributed by atoms with Crippen molar-refractivity contribution in [2.75, 3.05) is 5.12 Å². The predicted molar refractivity (Wildman–Crippen MR) is 110 cm³/mol. The quantitative estimate of drug-likeness (QED) is 0.429. The van der Waals surface area contributed by atoms with Crippen LogP contribution in [0.2, 0.25) is 0 Å². The zero-order valence-corrected chi connectivity index (χ0v) is 16.8. The maximum Gasteiger partial charge on any atom is 0.163 e. The molecule has 2 heterocycles. The van der Waals surface area contributed by atoms with Gasteiger partial charge in [0.2, 0.25) is 0 Å². The van der Waals surface area contributed by atoms with Crippen molar-refractivity contribution >= 4 is 50.3 Å². The van der Waals surface area contributed by atoms with E-state index in [2.05, 4.69) is 66.6 Å². The number of halogens is 2. The molecule has 0 saturated carbocycles. The highest BCUT2D eigenvalue weighted by Crippen LogP contribution is 2.28. The molecule has 0 spiro atoms. The first kappa shape index (κ1) is 16.4. The van der Waals surface area contributed by atoms with Gasteiger partial charge in [0.15, 0.2) is 5.84 Å². The molecule has 126 valence electrons. The molecule has 0 bridgehead atoms. The molecule has 2 aromatic carbocycles. The molecule has 4 rings (SSSR count). The maximum atomic E-state index is 4.50. The topological polar surface area (TPSA) is 48.7 Å². The molecule has 25 heavy (non-hydrogen) atoms. The van der Waals surface area contributed by atoms with Gasteiger partial charge in [-0.2, -0.15) is 19.8 Å². The average Bonchev–Trinajstić information content (AvgIpc) is 3.20. The molecule has 0 atom stereocenters. The Hall–Kier alpha value is -2.07. The molecular formula is C17H14BrIN6. The van der Waals surface area contributed by atoms with Gasteiger partial charge in [0.05, 0.1) is 28.0 Å². The maximum absolute atomic E-state index is 4.50. The normalized spacial score (nSPS) is 13.8. The molecule has 1 aliphatic heterocycles. The van der Waals surface area contributed by atoms with Crippen molar-refractivity contribution in [1.82, 2.24) is 19.4 Å². The summed E-state index contributed by atoms with van der Waals surface area (Å²) in [4.78, 5) is 0. The van der Waals surface area contributed by atoms with E-state index in [4.69, 9.17) is 0 Å². The molecule has 0 aliphatic carbocycles. The fourth-order valence-electron chi connectivity index (χ4n) is 2.55. The van der Waals surface area contributed by atoms with Crippen molar-refractivity contribution in [3.63, 3.8) is 0 Å². The van der Waals surface area contributed by atoms with Crippen LogP contribution in [0, 0.1) is 3.70 Å². The SMILES string of the molecule is BrN1C(Cc2ccccc2)=NNN1c1cnn(-c2ccccc2)c1I. The molecule has 0 saturated heterocycles. The number of benzene rings is 2. The number of hydrogen-bond acceptors (Lipinski definition) is 5. The second kappa shape index (κ2) is 7.04. The van der Waals surface area contributed by atoms with Crippen LogP contribution in [0.15, 0.2) is 72.0 Å². The Morgan fingerprint density at radius 1 is 1.00 bits per heavy atom. The van der Waals surface area contributed by atoms with Gasteiger partial charge in [-0.05, 0) is 40.3 Å². The first-order chi connectivity index (χ1) is 12.2.